The Bertz CT molecular complexity index is 131. The van der Waals surface area contributed by atoms with Crippen molar-refractivity contribution in [2.45, 2.75) is 13.8 Å². The smallest absolute Gasteiger partial charge is 0.219 e. The highest BCUT2D eigenvalue weighted by atomic mass is 16.2. The minimum absolute atomic E-state index is 0.0415. The van der Waals surface area contributed by atoms with Crippen molar-refractivity contribution in [1.82, 2.24) is 4.90 Å². The van der Waals surface area contributed by atoms with Gasteiger partial charge in [0.15, 0.2) is 5.71 Å². The summed E-state index contributed by atoms with van der Waals surface area (Å²) in [6.45, 7) is 3.86. The number of nitrogens with zero attached hydrogens (tertiary/aromatic N) is 1. The van der Waals surface area contributed by atoms with Crippen molar-refractivity contribution < 1.29 is 10.2 Å². The molecule has 1 amide bonds. The lowest BCUT2D eigenvalue weighted by molar-refractivity contribution is -0.131. The third-order valence-electron chi connectivity index (χ3n) is 1.02. The van der Waals surface area contributed by atoms with Crippen LogP contribution in [0, 0.1) is 0 Å². The maximum absolute atomic E-state index is 10.5. The van der Waals surface area contributed by atoms with E-state index in [4.69, 9.17) is 5.41 Å². The summed E-state index contributed by atoms with van der Waals surface area (Å²) in [7, 11) is 1.72. The van der Waals surface area contributed by atoms with Crippen LogP contribution in [0.4, 0.5) is 0 Å². The molecule has 0 aromatic carbocycles. The van der Waals surface area contributed by atoms with Gasteiger partial charge < -0.3 is 4.90 Å². The normalized spacial score (nSPS) is 8.78. The number of carbonyl (C=O) groups excluding carboxylic acids is 1. The Hall–Kier alpha value is -0.860. The van der Waals surface area contributed by atoms with Gasteiger partial charge in [-0.1, -0.05) is 0 Å². The van der Waals surface area contributed by atoms with Gasteiger partial charge in [-0.25, -0.2) is 0 Å². The van der Waals surface area contributed by atoms with Crippen LogP contribution in [0.25, 0.3) is 0 Å². The van der Waals surface area contributed by atoms with Gasteiger partial charge in [-0.05, 0) is 0 Å². The molecule has 0 atom stereocenters. The highest BCUT2D eigenvalue weighted by molar-refractivity contribution is 5.83. The molecule has 0 aliphatic rings. The van der Waals surface area contributed by atoms with Gasteiger partial charge in [0.25, 0.3) is 0 Å². The Kier molecular flexibility index (Phi) is 2.91. The average molecular weight is 129 g/mol. The molecule has 0 aliphatic heterocycles. The fourth-order valence-corrected chi connectivity index (χ4v) is 0.485. The quantitative estimate of drug-likeness (QED) is 0.462. The molecule has 0 saturated carbocycles. The summed E-state index contributed by atoms with van der Waals surface area (Å²) in [5.41, 5.74) is 0.757. The van der Waals surface area contributed by atoms with Crippen LogP contribution in [0.15, 0.2) is 0 Å². The van der Waals surface area contributed by atoms with E-state index in [0.717, 1.165) is 5.71 Å². The second-order valence-electron chi connectivity index (χ2n) is 2.22. The molecule has 0 saturated heterocycles. The first-order chi connectivity index (χ1) is 4.04. The van der Waals surface area contributed by atoms with E-state index in [9.17, 15) is 4.79 Å². The average Bonchev–Trinajstić information content (AvgIpc) is 1.63. The van der Waals surface area contributed by atoms with Crippen LogP contribution in [0.1, 0.15) is 13.8 Å². The van der Waals surface area contributed by atoms with Crippen LogP contribution in [0.3, 0.4) is 0 Å². The second kappa shape index (κ2) is 3.22. The zero-order chi connectivity index (χ0) is 7.44. The molecule has 0 heterocycles. The Morgan fingerprint density at radius 3 is 2.11 bits per heavy atom. The van der Waals surface area contributed by atoms with Crippen molar-refractivity contribution in [3.63, 3.8) is 0 Å². The molecule has 3 heteroatoms. The lowest BCUT2D eigenvalue weighted by Crippen LogP contribution is -2.45. The molecule has 0 spiro atoms. The van der Waals surface area contributed by atoms with E-state index in [-0.39, 0.29) is 5.91 Å². The first-order valence-corrected chi connectivity index (χ1v) is 2.83. The molecule has 2 N–H and O–H groups in total. The summed E-state index contributed by atoms with van der Waals surface area (Å²) in [5.74, 6) is 0.0415. The zero-order valence-electron chi connectivity index (χ0n) is 6.14. The third kappa shape index (κ3) is 3.70. The maximum Gasteiger partial charge on any atom is 0.219 e. The van der Waals surface area contributed by atoms with Crippen molar-refractivity contribution in [3.05, 3.63) is 0 Å². The van der Waals surface area contributed by atoms with Gasteiger partial charge in [0.1, 0.15) is 0 Å². The maximum atomic E-state index is 10.5. The fourth-order valence-electron chi connectivity index (χ4n) is 0.485. The lowest BCUT2D eigenvalue weighted by atomic mass is 10.4. The molecule has 3 nitrogen and oxygen atoms in total. The lowest BCUT2D eigenvalue weighted by Gasteiger charge is -2.10. The zero-order valence-corrected chi connectivity index (χ0v) is 6.14. The topological polar surface area (TPSA) is 45.9 Å². The van der Waals surface area contributed by atoms with E-state index in [2.05, 4.69) is 0 Å². The van der Waals surface area contributed by atoms with Crippen molar-refractivity contribution in [2.24, 2.45) is 0 Å². The predicted molar refractivity (Wildman–Crippen MR) is 35.9 cm³/mol. The van der Waals surface area contributed by atoms with E-state index in [1.165, 1.54) is 6.92 Å². The highest BCUT2D eigenvalue weighted by Gasteiger charge is 2.03. The van der Waals surface area contributed by atoms with Crippen molar-refractivity contribution >= 4 is 11.6 Å². The van der Waals surface area contributed by atoms with Gasteiger partial charge in [0.05, 0.1) is 6.54 Å². The summed E-state index contributed by atoms with van der Waals surface area (Å²) in [5, 5.41) is 5.35. The van der Waals surface area contributed by atoms with Gasteiger partial charge in [0, 0.05) is 20.9 Å². The number of amides is 1. The SMILES string of the molecule is CC(=[NH2+])CN(C)C(C)=O. The summed E-state index contributed by atoms with van der Waals surface area (Å²) >= 11 is 0. The molecule has 52 valence electrons. The molecule has 0 aliphatic carbocycles. The van der Waals surface area contributed by atoms with Crippen LogP contribution < -0.4 is 5.41 Å². The fraction of sp³-hybridized carbons (Fsp3) is 0.667. The molecule has 0 radical (unpaired) electrons. The minimum Gasteiger partial charge on any atom is -0.336 e. The van der Waals surface area contributed by atoms with Crippen molar-refractivity contribution in [3.8, 4) is 0 Å². The summed E-state index contributed by atoms with van der Waals surface area (Å²) in [6, 6.07) is 0. The van der Waals surface area contributed by atoms with E-state index in [1.54, 1.807) is 18.9 Å². The number of carbonyl (C=O) groups is 1. The van der Waals surface area contributed by atoms with Gasteiger partial charge >= 0.3 is 0 Å². The van der Waals surface area contributed by atoms with E-state index < -0.39 is 0 Å². The molecule has 9 heavy (non-hydrogen) atoms. The van der Waals surface area contributed by atoms with E-state index in [0.29, 0.717) is 6.54 Å². The largest absolute Gasteiger partial charge is 0.336 e. The minimum atomic E-state index is 0.0415. The van der Waals surface area contributed by atoms with Gasteiger partial charge in [-0.3, -0.25) is 10.2 Å². The summed E-state index contributed by atoms with van der Waals surface area (Å²) in [6.07, 6.45) is 0. The van der Waals surface area contributed by atoms with Gasteiger partial charge in [-0.2, -0.15) is 0 Å². The second-order valence-corrected chi connectivity index (χ2v) is 2.22. The monoisotopic (exact) mass is 129 g/mol. The van der Waals surface area contributed by atoms with Gasteiger partial charge in [-0.15, -0.1) is 0 Å². The molecule has 0 bridgehead atoms. The summed E-state index contributed by atoms with van der Waals surface area (Å²) in [4.78, 5) is 12.1. The Morgan fingerprint density at radius 1 is 1.56 bits per heavy atom. The van der Waals surface area contributed by atoms with E-state index in [1.807, 2.05) is 0 Å². The molecule has 0 aromatic heterocycles. The Labute approximate surface area is 55.2 Å². The first kappa shape index (κ1) is 8.14. The molecular weight excluding hydrogens is 116 g/mol. The van der Waals surface area contributed by atoms with Gasteiger partial charge in [0.2, 0.25) is 5.91 Å². The molecule has 0 unspecified atom stereocenters. The van der Waals surface area contributed by atoms with E-state index >= 15 is 0 Å². The Balaban J connectivity index is 3.63. The molecule has 0 fully saturated rings. The standard InChI is InChI=1S/C6H12N2O/c1-5(7)4-8(3)6(2)9/h7H,4H2,1-3H3/p+1. The summed E-state index contributed by atoms with van der Waals surface area (Å²) < 4.78 is 0. The predicted octanol–water partition coefficient (Wildman–Crippen LogP) is -1.32. The van der Waals surface area contributed by atoms with Crippen LogP contribution in [0.2, 0.25) is 0 Å². The Morgan fingerprint density at radius 2 is 2.00 bits per heavy atom. The number of rotatable bonds is 2. The van der Waals surface area contributed by atoms with Crippen LogP contribution in [-0.4, -0.2) is 30.1 Å². The van der Waals surface area contributed by atoms with Crippen molar-refractivity contribution in [1.29, 1.82) is 0 Å². The van der Waals surface area contributed by atoms with Crippen LogP contribution in [-0.2, 0) is 4.79 Å². The number of hydrogen-bond acceptors (Lipinski definition) is 1. The van der Waals surface area contributed by atoms with Crippen LogP contribution >= 0.6 is 0 Å². The van der Waals surface area contributed by atoms with Crippen LogP contribution in [0.5, 0.6) is 0 Å². The highest BCUT2D eigenvalue weighted by Crippen LogP contribution is 1.80. The number of hydrogen-bond donors (Lipinski definition) is 1. The molecule has 0 rings (SSSR count). The number of nitrogens with two attached hydrogens (primary N) is 1. The molecular formula is C6H13N2O+. The first-order valence-electron chi connectivity index (χ1n) is 2.83. The molecule has 0 aromatic rings. The third-order valence-corrected chi connectivity index (χ3v) is 1.02. The van der Waals surface area contributed by atoms with Crippen molar-refractivity contribution in [2.75, 3.05) is 13.6 Å².